The normalized spacial score (nSPS) is 33.2. The second kappa shape index (κ2) is 4.34. The molecule has 1 fully saturated rings. The number of fused-ring (bicyclic) bond motifs is 1. The van der Waals surface area contributed by atoms with E-state index >= 15 is 0 Å². The minimum atomic E-state index is -1.74. The Morgan fingerprint density at radius 3 is 2.76 bits per heavy atom. The van der Waals surface area contributed by atoms with Gasteiger partial charge in [0.05, 0.1) is 6.61 Å². The maximum Gasteiger partial charge on any atom is 0.195 e. The van der Waals surface area contributed by atoms with Gasteiger partial charge in [0.1, 0.15) is 0 Å². The second-order valence-electron chi connectivity index (χ2n) is 5.97. The minimum absolute atomic E-state index is 0.0846. The van der Waals surface area contributed by atoms with Gasteiger partial charge in [-0.25, -0.2) is 0 Å². The van der Waals surface area contributed by atoms with E-state index in [9.17, 15) is 4.79 Å². The molecule has 1 aliphatic carbocycles. The summed E-state index contributed by atoms with van der Waals surface area (Å²) in [6.45, 7) is 8.73. The number of rotatable bonds is 3. The number of Topliss-reactive ketones (excluding diaryl/α,β-unsaturated/α-hetero) is 1. The molecule has 3 nitrogen and oxygen atoms in total. The molecular formula is C13H22O3Si. The Morgan fingerprint density at radius 2 is 2.18 bits per heavy atom. The minimum Gasteiger partial charge on any atom is -0.387 e. The van der Waals surface area contributed by atoms with Gasteiger partial charge in [-0.15, -0.1) is 0 Å². The predicted molar refractivity (Wildman–Crippen MR) is 69.2 cm³/mol. The molecule has 0 aromatic heterocycles. The molecule has 17 heavy (non-hydrogen) atoms. The highest BCUT2D eigenvalue weighted by Gasteiger charge is 2.54. The molecule has 0 N–H and O–H groups in total. The van der Waals surface area contributed by atoms with E-state index in [-0.39, 0.29) is 11.7 Å². The van der Waals surface area contributed by atoms with Crippen LogP contribution in [0.5, 0.6) is 0 Å². The third kappa shape index (κ3) is 2.39. The lowest BCUT2D eigenvalue weighted by atomic mass is 9.75. The molecule has 96 valence electrons. The second-order valence-corrected chi connectivity index (χ2v) is 10.4. The van der Waals surface area contributed by atoms with Gasteiger partial charge < -0.3 is 9.16 Å². The summed E-state index contributed by atoms with van der Waals surface area (Å²) in [6, 6.07) is 0. The zero-order valence-electron chi connectivity index (χ0n) is 11.2. The van der Waals surface area contributed by atoms with E-state index in [0.29, 0.717) is 6.61 Å². The zero-order chi connectivity index (χ0) is 12.7. The third-order valence-electron chi connectivity index (χ3n) is 3.29. The Hall–Kier alpha value is -0.453. The highest BCUT2D eigenvalue weighted by Crippen LogP contribution is 2.48. The summed E-state index contributed by atoms with van der Waals surface area (Å²) >= 11 is 0. The van der Waals surface area contributed by atoms with Gasteiger partial charge in [0.25, 0.3) is 0 Å². The largest absolute Gasteiger partial charge is 0.387 e. The lowest BCUT2D eigenvalue weighted by Crippen LogP contribution is -2.57. The summed E-state index contributed by atoms with van der Waals surface area (Å²) in [5.74, 6) is -0.343. The summed E-state index contributed by atoms with van der Waals surface area (Å²) in [6.07, 6.45) is 5.34. The summed E-state index contributed by atoms with van der Waals surface area (Å²) in [4.78, 5) is 11.7. The highest BCUT2D eigenvalue weighted by molar-refractivity contribution is 6.69. The van der Waals surface area contributed by atoms with E-state index in [1.54, 1.807) is 6.92 Å². The van der Waals surface area contributed by atoms with Crippen LogP contribution < -0.4 is 0 Å². The molecule has 4 heteroatoms. The molecule has 2 aliphatic rings. The molecule has 1 heterocycles. The SMILES string of the molecule is CC(=O)C1=C[C@@H]2CCCCO[C@]12O[Si](C)(C)C. The van der Waals surface area contributed by atoms with Gasteiger partial charge in [-0.2, -0.15) is 0 Å². The van der Waals surface area contributed by atoms with Crippen molar-refractivity contribution < 1.29 is 14.0 Å². The Bertz CT molecular complexity index is 356. The molecular weight excluding hydrogens is 232 g/mol. The van der Waals surface area contributed by atoms with Crippen LogP contribution in [0.4, 0.5) is 0 Å². The van der Waals surface area contributed by atoms with Crippen molar-refractivity contribution in [1.82, 2.24) is 0 Å². The zero-order valence-corrected chi connectivity index (χ0v) is 12.2. The maximum absolute atomic E-state index is 11.7. The smallest absolute Gasteiger partial charge is 0.195 e. The third-order valence-corrected chi connectivity index (χ3v) is 4.21. The number of ketones is 1. The van der Waals surface area contributed by atoms with Crippen LogP contribution in [0.25, 0.3) is 0 Å². The average molecular weight is 254 g/mol. The monoisotopic (exact) mass is 254 g/mol. The molecule has 2 atom stereocenters. The van der Waals surface area contributed by atoms with E-state index in [4.69, 9.17) is 9.16 Å². The van der Waals surface area contributed by atoms with Crippen molar-refractivity contribution in [2.24, 2.45) is 5.92 Å². The molecule has 0 unspecified atom stereocenters. The van der Waals surface area contributed by atoms with Crippen molar-refractivity contribution >= 4 is 14.1 Å². The predicted octanol–water partition coefficient (Wildman–Crippen LogP) is 2.88. The molecule has 0 bridgehead atoms. The van der Waals surface area contributed by atoms with Gasteiger partial charge in [0.15, 0.2) is 19.9 Å². The number of carbonyl (C=O) groups is 1. The summed E-state index contributed by atoms with van der Waals surface area (Å²) < 4.78 is 12.2. The summed E-state index contributed by atoms with van der Waals surface area (Å²) in [5, 5.41) is 0. The first kappa shape index (κ1) is 13.0. The van der Waals surface area contributed by atoms with E-state index in [1.807, 2.05) is 6.08 Å². The van der Waals surface area contributed by atoms with Crippen molar-refractivity contribution in [3.05, 3.63) is 11.6 Å². The molecule has 0 saturated carbocycles. The first-order valence-corrected chi connectivity index (χ1v) is 9.83. The van der Waals surface area contributed by atoms with E-state index in [1.165, 1.54) is 0 Å². The number of hydrogen-bond donors (Lipinski definition) is 0. The molecule has 0 radical (unpaired) electrons. The first-order valence-electron chi connectivity index (χ1n) is 6.42. The molecule has 1 saturated heterocycles. The van der Waals surface area contributed by atoms with Crippen molar-refractivity contribution in [2.45, 2.75) is 51.6 Å². The molecule has 0 spiro atoms. The van der Waals surface area contributed by atoms with Crippen LogP contribution in [-0.4, -0.2) is 26.5 Å². The number of hydrogen-bond acceptors (Lipinski definition) is 3. The van der Waals surface area contributed by atoms with Gasteiger partial charge in [0.2, 0.25) is 0 Å². The molecule has 0 aromatic carbocycles. The standard InChI is InChI=1S/C13H22O3Si/c1-10(14)12-9-11-7-5-6-8-15-13(11,12)16-17(2,3)4/h9,11H,5-8H2,1-4H3/t11-,13+/m0/s1. The Labute approximate surface area is 104 Å². The fourth-order valence-corrected chi connectivity index (χ4v) is 3.89. The molecule has 0 aromatic rings. The van der Waals surface area contributed by atoms with Crippen molar-refractivity contribution in [2.75, 3.05) is 6.61 Å². The highest BCUT2D eigenvalue weighted by atomic mass is 28.4. The number of ether oxygens (including phenoxy) is 1. The van der Waals surface area contributed by atoms with Crippen LogP contribution in [0.1, 0.15) is 26.2 Å². The fraction of sp³-hybridized carbons (Fsp3) is 0.769. The van der Waals surface area contributed by atoms with Gasteiger partial charge in [-0.05, 0) is 39.4 Å². The van der Waals surface area contributed by atoms with Crippen molar-refractivity contribution in [3.63, 3.8) is 0 Å². The van der Waals surface area contributed by atoms with Crippen LogP contribution in [0.2, 0.25) is 19.6 Å². The van der Waals surface area contributed by atoms with Gasteiger partial charge in [-0.1, -0.05) is 12.5 Å². The Morgan fingerprint density at radius 1 is 1.47 bits per heavy atom. The lowest BCUT2D eigenvalue weighted by molar-refractivity contribution is -0.197. The number of carbonyl (C=O) groups excluding carboxylic acids is 1. The van der Waals surface area contributed by atoms with Crippen LogP contribution in [-0.2, 0) is 14.0 Å². The van der Waals surface area contributed by atoms with Crippen LogP contribution in [0.15, 0.2) is 11.6 Å². The van der Waals surface area contributed by atoms with Crippen molar-refractivity contribution in [1.29, 1.82) is 0 Å². The topological polar surface area (TPSA) is 35.5 Å². The summed E-state index contributed by atoms with van der Waals surface area (Å²) in [5.41, 5.74) is 0.742. The average Bonchev–Trinajstić information content (AvgIpc) is 2.28. The van der Waals surface area contributed by atoms with E-state index in [0.717, 1.165) is 24.8 Å². The lowest BCUT2D eigenvalue weighted by Gasteiger charge is -2.49. The van der Waals surface area contributed by atoms with Crippen LogP contribution in [0.3, 0.4) is 0 Å². The van der Waals surface area contributed by atoms with E-state index in [2.05, 4.69) is 19.6 Å². The first-order chi connectivity index (χ1) is 7.85. The van der Waals surface area contributed by atoms with E-state index < -0.39 is 14.1 Å². The molecule has 0 amide bonds. The molecule has 2 rings (SSSR count). The Kier molecular flexibility index (Phi) is 3.31. The van der Waals surface area contributed by atoms with Gasteiger partial charge in [-0.3, -0.25) is 4.79 Å². The molecule has 1 aliphatic heterocycles. The maximum atomic E-state index is 11.7. The van der Waals surface area contributed by atoms with Crippen LogP contribution in [0, 0.1) is 5.92 Å². The van der Waals surface area contributed by atoms with Crippen molar-refractivity contribution in [3.8, 4) is 0 Å². The van der Waals surface area contributed by atoms with Gasteiger partial charge >= 0.3 is 0 Å². The fourth-order valence-electron chi connectivity index (χ4n) is 2.66. The summed E-state index contributed by atoms with van der Waals surface area (Å²) in [7, 11) is -1.74. The quantitative estimate of drug-likeness (QED) is 0.726. The van der Waals surface area contributed by atoms with Crippen LogP contribution >= 0.6 is 0 Å². The Balaban J connectivity index is 2.29. The van der Waals surface area contributed by atoms with Gasteiger partial charge in [0, 0.05) is 11.5 Å².